The minimum absolute atomic E-state index is 0.0769. The third-order valence-electron chi connectivity index (χ3n) is 4.49. The summed E-state index contributed by atoms with van der Waals surface area (Å²) in [6, 6.07) is 0. The molecule has 19 heavy (non-hydrogen) atoms. The van der Waals surface area contributed by atoms with Crippen molar-refractivity contribution in [2.24, 2.45) is 11.8 Å². The van der Waals surface area contributed by atoms with Gasteiger partial charge in [0.05, 0.1) is 18.3 Å². The van der Waals surface area contributed by atoms with E-state index in [0.29, 0.717) is 0 Å². The van der Waals surface area contributed by atoms with Gasteiger partial charge in [0.1, 0.15) is 0 Å². The number of ether oxygens (including phenoxy) is 2. The van der Waals surface area contributed by atoms with Crippen LogP contribution in [0, 0.1) is 11.8 Å². The molecule has 0 aromatic heterocycles. The lowest BCUT2D eigenvalue weighted by Crippen LogP contribution is -2.60. The van der Waals surface area contributed by atoms with Crippen LogP contribution in [0.5, 0.6) is 0 Å². The van der Waals surface area contributed by atoms with Crippen molar-refractivity contribution in [3.05, 3.63) is 0 Å². The lowest BCUT2D eigenvalue weighted by atomic mass is 9.71. The first-order valence-electron chi connectivity index (χ1n) is 6.74. The van der Waals surface area contributed by atoms with Gasteiger partial charge in [0.15, 0.2) is 0 Å². The Morgan fingerprint density at radius 3 is 2.68 bits per heavy atom. The fraction of sp³-hybridized carbons (Fsp3) is 0.923. The Bertz CT molecular complexity index is 338. The molecule has 0 bridgehead atoms. The molecule has 1 heterocycles. The zero-order valence-corrected chi connectivity index (χ0v) is 11.3. The van der Waals surface area contributed by atoms with Gasteiger partial charge >= 0.3 is 5.97 Å². The van der Waals surface area contributed by atoms with Crippen LogP contribution >= 0.6 is 0 Å². The second kappa shape index (κ2) is 5.36. The molecule has 1 aliphatic heterocycles. The molecule has 2 aliphatic rings. The molecular formula is C13H22O6. The summed E-state index contributed by atoms with van der Waals surface area (Å²) < 4.78 is 10.7. The molecule has 0 spiro atoms. The smallest absolute Gasteiger partial charge is 0.364 e. The van der Waals surface area contributed by atoms with Gasteiger partial charge in [-0.2, -0.15) is 0 Å². The third kappa shape index (κ3) is 2.50. The highest BCUT2D eigenvalue weighted by Crippen LogP contribution is 2.44. The van der Waals surface area contributed by atoms with Gasteiger partial charge in [-0.3, -0.25) is 0 Å². The highest BCUT2D eigenvalue weighted by atomic mass is 16.7. The Morgan fingerprint density at radius 2 is 2.16 bits per heavy atom. The van der Waals surface area contributed by atoms with Gasteiger partial charge in [-0.05, 0) is 19.8 Å². The fourth-order valence-corrected chi connectivity index (χ4v) is 3.39. The first-order chi connectivity index (χ1) is 8.91. The van der Waals surface area contributed by atoms with Crippen LogP contribution in [-0.2, 0) is 14.3 Å². The predicted octanol–water partition coefficient (Wildman–Crippen LogP) is 0.361. The van der Waals surface area contributed by atoms with Gasteiger partial charge in [0.25, 0.3) is 5.79 Å². The lowest BCUT2D eigenvalue weighted by molar-refractivity contribution is -0.311. The molecule has 6 atom stereocenters. The zero-order valence-electron chi connectivity index (χ0n) is 11.3. The van der Waals surface area contributed by atoms with Gasteiger partial charge in [-0.1, -0.05) is 6.42 Å². The summed E-state index contributed by atoms with van der Waals surface area (Å²) in [7, 11) is 1.27. The molecule has 0 amide bonds. The van der Waals surface area contributed by atoms with E-state index in [2.05, 4.69) is 0 Å². The highest BCUT2D eigenvalue weighted by molar-refractivity contribution is 5.76. The van der Waals surface area contributed by atoms with Crippen molar-refractivity contribution in [1.82, 2.24) is 0 Å². The molecule has 2 fully saturated rings. The van der Waals surface area contributed by atoms with Gasteiger partial charge < -0.3 is 24.8 Å². The summed E-state index contributed by atoms with van der Waals surface area (Å²) in [5.41, 5.74) is 0. The average molecular weight is 274 g/mol. The third-order valence-corrected chi connectivity index (χ3v) is 4.49. The standard InChI is InChI=1S/C13H22O6/c1-7(14)8-4-3-5-9-10(15)6-13(18-2,12(16)17)19-11(8)9/h7-11,14-15H,3-6H2,1-2H3,(H,16,17). The highest BCUT2D eigenvalue weighted by Gasteiger charge is 2.55. The van der Waals surface area contributed by atoms with Crippen molar-refractivity contribution in [1.29, 1.82) is 0 Å². The van der Waals surface area contributed by atoms with E-state index in [1.807, 2.05) is 0 Å². The topological polar surface area (TPSA) is 96.2 Å². The van der Waals surface area contributed by atoms with E-state index in [-0.39, 0.29) is 18.3 Å². The minimum atomic E-state index is -1.80. The number of carbonyl (C=O) groups is 1. The molecule has 1 aliphatic carbocycles. The van der Waals surface area contributed by atoms with Crippen LogP contribution in [0.2, 0.25) is 0 Å². The Hall–Kier alpha value is -0.690. The summed E-state index contributed by atoms with van der Waals surface area (Å²) in [6.07, 6.45) is 0.530. The maximum absolute atomic E-state index is 11.4. The molecule has 0 aromatic carbocycles. The fourth-order valence-electron chi connectivity index (χ4n) is 3.39. The van der Waals surface area contributed by atoms with Crippen LogP contribution in [0.25, 0.3) is 0 Å². The van der Waals surface area contributed by atoms with E-state index in [1.54, 1.807) is 6.92 Å². The molecule has 1 saturated carbocycles. The van der Waals surface area contributed by atoms with E-state index in [4.69, 9.17) is 9.47 Å². The number of carboxylic acid groups (broad SMARTS) is 1. The first-order valence-corrected chi connectivity index (χ1v) is 6.74. The lowest BCUT2D eigenvalue weighted by Gasteiger charge is -2.49. The first kappa shape index (κ1) is 14.7. The van der Waals surface area contributed by atoms with Crippen molar-refractivity contribution < 1.29 is 29.6 Å². The molecule has 110 valence electrons. The van der Waals surface area contributed by atoms with Crippen LogP contribution < -0.4 is 0 Å². The van der Waals surface area contributed by atoms with Gasteiger partial charge in [0.2, 0.25) is 0 Å². The van der Waals surface area contributed by atoms with E-state index < -0.39 is 30.1 Å². The Labute approximate surface area is 112 Å². The quantitative estimate of drug-likeness (QED) is 0.687. The van der Waals surface area contributed by atoms with Crippen molar-refractivity contribution >= 4 is 5.97 Å². The number of aliphatic carboxylic acids is 1. The number of hydrogen-bond acceptors (Lipinski definition) is 5. The van der Waals surface area contributed by atoms with E-state index >= 15 is 0 Å². The number of rotatable bonds is 3. The Kier molecular flexibility index (Phi) is 4.15. The molecule has 0 radical (unpaired) electrons. The largest absolute Gasteiger partial charge is 0.477 e. The molecule has 3 N–H and O–H groups in total. The van der Waals surface area contributed by atoms with E-state index in [0.717, 1.165) is 19.3 Å². The molecule has 0 aromatic rings. The summed E-state index contributed by atoms with van der Waals surface area (Å²) in [5, 5.41) is 29.3. The number of hydrogen-bond donors (Lipinski definition) is 3. The van der Waals surface area contributed by atoms with Crippen molar-refractivity contribution in [2.75, 3.05) is 7.11 Å². The SMILES string of the molecule is COC1(C(=O)O)CC(O)C2CCCC(C(C)O)C2O1. The van der Waals surface area contributed by atoms with Crippen molar-refractivity contribution in [2.45, 2.75) is 56.7 Å². The Balaban J connectivity index is 2.27. The van der Waals surface area contributed by atoms with Gasteiger partial charge in [-0.25, -0.2) is 4.79 Å². The molecule has 6 heteroatoms. The second-order valence-electron chi connectivity index (χ2n) is 5.62. The van der Waals surface area contributed by atoms with E-state index in [9.17, 15) is 20.1 Å². The zero-order chi connectivity index (χ0) is 14.2. The summed E-state index contributed by atoms with van der Waals surface area (Å²) in [6.45, 7) is 1.67. The van der Waals surface area contributed by atoms with Gasteiger partial charge in [-0.15, -0.1) is 0 Å². The van der Waals surface area contributed by atoms with Crippen LogP contribution in [0.3, 0.4) is 0 Å². The molecule has 6 nitrogen and oxygen atoms in total. The monoisotopic (exact) mass is 274 g/mol. The van der Waals surface area contributed by atoms with Crippen LogP contribution in [0.15, 0.2) is 0 Å². The molecular weight excluding hydrogens is 252 g/mol. The summed E-state index contributed by atoms with van der Waals surface area (Å²) in [4.78, 5) is 11.4. The van der Waals surface area contributed by atoms with Crippen molar-refractivity contribution in [3.8, 4) is 0 Å². The number of aliphatic hydroxyl groups is 2. The second-order valence-corrected chi connectivity index (χ2v) is 5.62. The maximum Gasteiger partial charge on any atom is 0.364 e. The summed E-state index contributed by atoms with van der Waals surface area (Å²) in [5.74, 6) is -3.33. The van der Waals surface area contributed by atoms with Crippen LogP contribution in [0.1, 0.15) is 32.6 Å². The maximum atomic E-state index is 11.4. The average Bonchev–Trinajstić information content (AvgIpc) is 2.37. The number of fused-ring (bicyclic) bond motifs is 1. The van der Waals surface area contributed by atoms with Crippen LogP contribution in [0.4, 0.5) is 0 Å². The predicted molar refractivity (Wildman–Crippen MR) is 65.4 cm³/mol. The minimum Gasteiger partial charge on any atom is -0.477 e. The van der Waals surface area contributed by atoms with E-state index in [1.165, 1.54) is 7.11 Å². The number of methoxy groups -OCH3 is 1. The molecule has 1 saturated heterocycles. The molecule has 6 unspecified atom stereocenters. The Morgan fingerprint density at radius 1 is 1.47 bits per heavy atom. The van der Waals surface area contributed by atoms with Crippen LogP contribution in [-0.4, -0.2) is 52.5 Å². The van der Waals surface area contributed by atoms with Crippen molar-refractivity contribution in [3.63, 3.8) is 0 Å². The number of aliphatic hydroxyl groups excluding tert-OH is 2. The van der Waals surface area contributed by atoms with Gasteiger partial charge in [0, 0.05) is 25.4 Å². The summed E-state index contributed by atoms with van der Waals surface area (Å²) >= 11 is 0. The normalized spacial score (nSPS) is 44.4. The number of carboxylic acids is 1. The molecule has 2 rings (SSSR count).